The van der Waals surface area contributed by atoms with Gasteiger partial charge >= 0.3 is 0 Å². The highest BCUT2D eigenvalue weighted by molar-refractivity contribution is 4.83. The Balaban J connectivity index is 2.39. The van der Waals surface area contributed by atoms with Crippen molar-refractivity contribution in [2.75, 3.05) is 26.2 Å². The first kappa shape index (κ1) is 16.9. The molecule has 0 saturated carbocycles. The Morgan fingerprint density at radius 3 is 2.58 bits per heavy atom. The predicted octanol–water partition coefficient (Wildman–Crippen LogP) is 2.49. The van der Waals surface area contributed by atoms with Crippen molar-refractivity contribution in [3.05, 3.63) is 0 Å². The molecule has 0 bridgehead atoms. The van der Waals surface area contributed by atoms with Crippen LogP contribution in [0, 0.1) is 11.3 Å². The van der Waals surface area contributed by atoms with Crippen LogP contribution in [0.5, 0.6) is 0 Å². The third kappa shape index (κ3) is 5.80. The molecule has 0 aromatic heterocycles. The van der Waals surface area contributed by atoms with Crippen molar-refractivity contribution in [2.24, 2.45) is 11.3 Å². The molecule has 0 radical (unpaired) electrons. The van der Waals surface area contributed by atoms with Gasteiger partial charge in [0, 0.05) is 12.6 Å². The smallest absolute Gasteiger partial charge is 0.0693 e. The molecule has 0 aliphatic carbocycles. The van der Waals surface area contributed by atoms with Crippen LogP contribution in [-0.2, 0) is 0 Å². The Labute approximate surface area is 119 Å². The number of piperidine rings is 1. The molecule has 3 heteroatoms. The van der Waals surface area contributed by atoms with Gasteiger partial charge in [-0.25, -0.2) is 0 Å². The largest absolute Gasteiger partial charge is 0.392 e. The molecule has 1 heterocycles. The number of likely N-dealkylation sites (tertiary alicyclic amines) is 1. The Morgan fingerprint density at radius 2 is 2.05 bits per heavy atom. The number of nitrogens with one attached hydrogen (secondary N) is 1. The van der Waals surface area contributed by atoms with Crippen LogP contribution in [0.3, 0.4) is 0 Å². The van der Waals surface area contributed by atoms with Gasteiger partial charge in [-0.1, -0.05) is 34.6 Å². The molecule has 1 rings (SSSR count). The van der Waals surface area contributed by atoms with Gasteiger partial charge in [-0.3, -0.25) is 0 Å². The topological polar surface area (TPSA) is 35.5 Å². The van der Waals surface area contributed by atoms with Gasteiger partial charge in [0.15, 0.2) is 0 Å². The van der Waals surface area contributed by atoms with Crippen LogP contribution in [0.1, 0.15) is 53.9 Å². The number of aliphatic hydroxyl groups excluding tert-OH is 1. The monoisotopic (exact) mass is 270 g/mol. The Hall–Kier alpha value is -0.120. The van der Waals surface area contributed by atoms with Crippen molar-refractivity contribution in [3.63, 3.8) is 0 Å². The molecule has 3 atom stereocenters. The van der Waals surface area contributed by atoms with E-state index in [1.165, 1.54) is 12.8 Å². The maximum atomic E-state index is 9.96. The van der Waals surface area contributed by atoms with Crippen LogP contribution in [0.25, 0.3) is 0 Å². The van der Waals surface area contributed by atoms with Gasteiger partial charge in [-0.05, 0) is 50.2 Å². The molecule has 3 nitrogen and oxygen atoms in total. The van der Waals surface area contributed by atoms with Gasteiger partial charge in [0.2, 0.25) is 0 Å². The van der Waals surface area contributed by atoms with E-state index in [1.807, 2.05) is 0 Å². The van der Waals surface area contributed by atoms with Gasteiger partial charge in [-0.15, -0.1) is 0 Å². The molecule has 1 saturated heterocycles. The van der Waals surface area contributed by atoms with E-state index < -0.39 is 0 Å². The second kappa shape index (κ2) is 7.61. The lowest BCUT2D eigenvalue weighted by Gasteiger charge is -2.37. The molecular weight excluding hydrogens is 236 g/mol. The molecule has 0 aromatic carbocycles. The molecule has 0 spiro atoms. The van der Waals surface area contributed by atoms with Crippen LogP contribution in [0.15, 0.2) is 0 Å². The molecule has 1 aliphatic rings. The normalized spacial score (nSPS) is 27.5. The minimum absolute atomic E-state index is 0.134. The highest BCUT2D eigenvalue weighted by Gasteiger charge is 2.27. The van der Waals surface area contributed by atoms with Crippen LogP contribution in [0.2, 0.25) is 0 Å². The standard InChI is InChI=1S/C16H34N2O/c1-6-9-17-15(16(3,4)5)8-11-18-10-7-13(2)14(19)12-18/h13-15,17,19H,6-12H2,1-5H3. The van der Waals surface area contributed by atoms with Crippen molar-refractivity contribution < 1.29 is 5.11 Å². The average Bonchev–Trinajstić information content (AvgIpc) is 2.32. The molecule has 114 valence electrons. The fourth-order valence-electron chi connectivity index (χ4n) is 2.79. The fraction of sp³-hybridized carbons (Fsp3) is 1.00. The maximum absolute atomic E-state index is 9.96. The Kier molecular flexibility index (Phi) is 6.78. The highest BCUT2D eigenvalue weighted by Crippen LogP contribution is 2.23. The zero-order valence-corrected chi connectivity index (χ0v) is 13.6. The van der Waals surface area contributed by atoms with Crippen LogP contribution < -0.4 is 5.32 Å². The summed E-state index contributed by atoms with van der Waals surface area (Å²) in [5.74, 6) is 0.466. The van der Waals surface area contributed by atoms with E-state index in [2.05, 4.69) is 44.8 Å². The quantitative estimate of drug-likeness (QED) is 0.778. The van der Waals surface area contributed by atoms with Crippen molar-refractivity contribution in [3.8, 4) is 0 Å². The van der Waals surface area contributed by atoms with Crippen LogP contribution >= 0.6 is 0 Å². The lowest BCUT2D eigenvalue weighted by molar-refractivity contribution is 0.0260. The van der Waals surface area contributed by atoms with Gasteiger partial charge < -0.3 is 15.3 Å². The van der Waals surface area contributed by atoms with Gasteiger partial charge in [0.1, 0.15) is 0 Å². The van der Waals surface area contributed by atoms with Gasteiger partial charge in [-0.2, -0.15) is 0 Å². The Bertz CT molecular complexity index is 250. The third-order valence-electron chi connectivity index (χ3n) is 4.42. The zero-order chi connectivity index (χ0) is 14.5. The summed E-state index contributed by atoms with van der Waals surface area (Å²) in [5, 5.41) is 13.6. The number of β-amino-alcohol motifs (C(OH)–C–C–N with tert-alkyl or cyclic N) is 1. The third-order valence-corrected chi connectivity index (χ3v) is 4.42. The van der Waals surface area contributed by atoms with Crippen LogP contribution in [0.4, 0.5) is 0 Å². The fourth-order valence-corrected chi connectivity index (χ4v) is 2.79. The maximum Gasteiger partial charge on any atom is 0.0693 e. The number of hydrogen-bond acceptors (Lipinski definition) is 3. The minimum Gasteiger partial charge on any atom is -0.392 e. The molecule has 2 N–H and O–H groups in total. The second-order valence-electron chi connectivity index (χ2n) is 7.30. The van der Waals surface area contributed by atoms with E-state index in [-0.39, 0.29) is 6.10 Å². The van der Waals surface area contributed by atoms with Crippen molar-refractivity contribution in [1.29, 1.82) is 0 Å². The molecule has 1 aliphatic heterocycles. The summed E-state index contributed by atoms with van der Waals surface area (Å²) >= 11 is 0. The number of rotatable bonds is 6. The van der Waals surface area contributed by atoms with E-state index in [0.717, 1.165) is 32.6 Å². The zero-order valence-electron chi connectivity index (χ0n) is 13.6. The number of aliphatic hydroxyl groups is 1. The molecular formula is C16H34N2O. The van der Waals surface area contributed by atoms with E-state index in [0.29, 0.717) is 17.4 Å². The summed E-state index contributed by atoms with van der Waals surface area (Å²) in [6, 6.07) is 0.559. The van der Waals surface area contributed by atoms with Gasteiger partial charge in [0.25, 0.3) is 0 Å². The summed E-state index contributed by atoms with van der Waals surface area (Å²) in [7, 11) is 0. The summed E-state index contributed by atoms with van der Waals surface area (Å²) in [6.45, 7) is 15.5. The van der Waals surface area contributed by atoms with E-state index in [9.17, 15) is 5.11 Å². The molecule has 0 amide bonds. The Morgan fingerprint density at radius 1 is 1.37 bits per heavy atom. The average molecular weight is 270 g/mol. The molecule has 3 unspecified atom stereocenters. The van der Waals surface area contributed by atoms with Crippen LogP contribution in [-0.4, -0.2) is 48.3 Å². The first-order valence-corrected chi connectivity index (χ1v) is 7.98. The van der Waals surface area contributed by atoms with E-state index in [1.54, 1.807) is 0 Å². The van der Waals surface area contributed by atoms with E-state index >= 15 is 0 Å². The number of nitrogens with zero attached hydrogens (tertiary/aromatic N) is 1. The van der Waals surface area contributed by atoms with E-state index in [4.69, 9.17) is 0 Å². The van der Waals surface area contributed by atoms with Crippen molar-refractivity contribution >= 4 is 0 Å². The molecule has 1 fully saturated rings. The van der Waals surface area contributed by atoms with Crippen molar-refractivity contribution in [2.45, 2.75) is 66.0 Å². The lowest BCUT2D eigenvalue weighted by atomic mass is 9.84. The molecule has 19 heavy (non-hydrogen) atoms. The summed E-state index contributed by atoms with van der Waals surface area (Å²) < 4.78 is 0. The lowest BCUT2D eigenvalue weighted by Crippen LogP contribution is -2.47. The number of hydrogen-bond donors (Lipinski definition) is 2. The summed E-state index contributed by atoms with van der Waals surface area (Å²) in [4.78, 5) is 2.43. The first-order chi connectivity index (χ1) is 8.84. The minimum atomic E-state index is -0.134. The van der Waals surface area contributed by atoms with Crippen molar-refractivity contribution in [1.82, 2.24) is 10.2 Å². The summed E-state index contributed by atoms with van der Waals surface area (Å²) in [6.07, 6.45) is 3.35. The second-order valence-corrected chi connectivity index (χ2v) is 7.30. The molecule has 0 aromatic rings. The highest BCUT2D eigenvalue weighted by atomic mass is 16.3. The first-order valence-electron chi connectivity index (χ1n) is 7.98. The van der Waals surface area contributed by atoms with Gasteiger partial charge in [0.05, 0.1) is 6.10 Å². The predicted molar refractivity (Wildman–Crippen MR) is 82.4 cm³/mol. The SMILES string of the molecule is CCCNC(CCN1CCC(C)C(O)C1)C(C)(C)C. The summed E-state index contributed by atoms with van der Waals surface area (Å²) in [5.41, 5.74) is 0.302.